The summed E-state index contributed by atoms with van der Waals surface area (Å²) in [5.41, 5.74) is -4.71. The second-order valence-electron chi connectivity index (χ2n) is 11.8. The van der Waals surface area contributed by atoms with Gasteiger partial charge in [-0.15, -0.1) is 13.2 Å². The van der Waals surface area contributed by atoms with Crippen molar-refractivity contribution in [3.05, 3.63) is 71.3 Å². The van der Waals surface area contributed by atoms with Gasteiger partial charge < -0.3 is 18.9 Å². The summed E-state index contributed by atoms with van der Waals surface area (Å²) in [5.74, 6) is -2.88. The monoisotopic (exact) mass is 604 g/mol. The molecule has 0 aromatic heterocycles. The Morgan fingerprint density at radius 3 is 2.07 bits per heavy atom. The average Bonchev–Trinajstić information content (AvgIpc) is 3.37. The summed E-state index contributed by atoms with van der Waals surface area (Å²) in [6.45, 7) is 8.85. The van der Waals surface area contributed by atoms with Crippen LogP contribution >= 0.6 is 0 Å². The molecule has 1 unspecified atom stereocenters. The van der Waals surface area contributed by atoms with Crippen LogP contribution in [0.1, 0.15) is 52.7 Å². The number of amides is 3. The highest BCUT2D eigenvalue weighted by atomic mass is 19.4. The number of nitrogens with zero attached hydrogens (tertiary/aromatic N) is 2. The number of hydrogen-bond acceptors (Lipinski definition) is 8. The normalized spacial score (nSPS) is 18.3. The summed E-state index contributed by atoms with van der Waals surface area (Å²) in [6, 6.07) is 11.5. The zero-order valence-electron chi connectivity index (χ0n) is 24.4. The van der Waals surface area contributed by atoms with Crippen LogP contribution in [0.4, 0.5) is 28.4 Å². The lowest BCUT2D eigenvalue weighted by atomic mass is 9.84. The zero-order valence-corrected chi connectivity index (χ0v) is 24.4. The fourth-order valence-electron chi connectivity index (χ4n) is 4.77. The Kier molecular flexibility index (Phi) is 7.98. The molecule has 2 aromatic rings. The fraction of sp³-hybridized carbons (Fsp3) is 0.400. The maximum Gasteiger partial charge on any atom is 0.573 e. The van der Waals surface area contributed by atoms with Gasteiger partial charge in [-0.05, 0) is 59.2 Å². The van der Waals surface area contributed by atoms with E-state index in [0.29, 0.717) is 10.5 Å². The molecular formula is C30H31F3N2O8. The van der Waals surface area contributed by atoms with Crippen molar-refractivity contribution >= 4 is 29.8 Å². The van der Waals surface area contributed by atoms with Gasteiger partial charge in [-0.1, -0.05) is 36.4 Å². The van der Waals surface area contributed by atoms with Crippen molar-refractivity contribution in [2.24, 2.45) is 0 Å². The minimum absolute atomic E-state index is 0.149. The number of carbonyl (C=O) groups is 4. The van der Waals surface area contributed by atoms with Gasteiger partial charge in [-0.3, -0.25) is 9.69 Å². The van der Waals surface area contributed by atoms with E-state index >= 15 is 0 Å². The van der Waals surface area contributed by atoms with Crippen LogP contribution in [0.5, 0.6) is 5.75 Å². The van der Waals surface area contributed by atoms with Crippen LogP contribution < -0.4 is 9.64 Å². The van der Waals surface area contributed by atoms with Crippen molar-refractivity contribution in [2.75, 3.05) is 11.4 Å². The molecule has 0 N–H and O–H groups in total. The molecule has 230 valence electrons. The first-order chi connectivity index (χ1) is 19.8. The fourth-order valence-corrected chi connectivity index (χ4v) is 4.77. The summed E-state index contributed by atoms with van der Waals surface area (Å²) in [5, 5.41) is 0. The molecule has 0 aliphatic carbocycles. The third kappa shape index (κ3) is 6.45. The van der Waals surface area contributed by atoms with E-state index < -0.39 is 52.9 Å². The summed E-state index contributed by atoms with van der Waals surface area (Å²) in [7, 11) is 0. The number of carbonyl (C=O) groups excluding carboxylic acids is 4. The first-order valence-corrected chi connectivity index (χ1v) is 13.2. The Morgan fingerprint density at radius 2 is 1.49 bits per heavy atom. The van der Waals surface area contributed by atoms with E-state index in [0.717, 1.165) is 23.1 Å². The van der Waals surface area contributed by atoms with Gasteiger partial charge in [0.15, 0.2) is 5.54 Å². The van der Waals surface area contributed by atoms with Crippen molar-refractivity contribution in [1.29, 1.82) is 0 Å². The molecule has 2 aliphatic rings. The summed E-state index contributed by atoms with van der Waals surface area (Å²) >= 11 is 0. The van der Waals surface area contributed by atoms with Gasteiger partial charge in [0.05, 0.1) is 11.3 Å². The van der Waals surface area contributed by atoms with E-state index in [1.165, 1.54) is 26.8 Å². The molecule has 0 saturated heterocycles. The second-order valence-corrected chi connectivity index (χ2v) is 11.8. The minimum Gasteiger partial charge on any atom is -0.457 e. The third-order valence-corrected chi connectivity index (χ3v) is 6.24. The van der Waals surface area contributed by atoms with Crippen LogP contribution in [0.25, 0.3) is 0 Å². The quantitative estimate of drug-likeness (QED) is 0.310. The van der Waals surface area contributed by atoms with Gasteiger partial charge in [0.2, 0.25) is 0 Å². The molecule has 13 heteroatoms. The molecule has 2 heterocycles. The number of ether oxygens (including phenoxy) is 4. The van der Waals surface area contributed by atoms with Gasteiger partial charge in [-0.25, -0.2) is 19.3 Å². The Hall–Kier alpha value is -4.55. The second kappa shape index (κ2) is 10.9. The number of alkyl halides is 3. The first kappa shape index (κ1) is 31.4. The standard InChI is InChI=1S/C30H31F3N2O8/c1-27(2,3)42-25(38)34-15-14-21(23(36)40-17-18-10-8-7-9-11-18)29(34)20-13-12-19(41-30(31,32)33)16-22(20)35(24(29)37)26(39)43-28(4,5)6/h7-14,16H,15,17H2,1-6H3. The molecule has 1 atom stereocenters. The molecule has 10 nitrogen and oxygen atoms in total. The predicted octanol–water partition coefficient (Wildman–Crippen LogP) is 5.98. The van der Waals surface area contributed by atoms with E-state index in [-0.39, 0.29) is 30.0 Å². The number of imide groups is 1. The molecule has 2 aromatic carbocycles. The molecule has 0 fully saturated rings. The van der Waals surface area contributed by atoms with Crippen LogP contribution in [0.2, 0.25) is 0 Å². The minimum atomic E-state index is -5.09. The van der Waals surface area contributed by atoms with E-state index in [9.17, 15) is 32.3 Å². The zero-order chi connectivity index (χ0) is 32.0. The summed E-state index contributed by atoms with van der Waals surface area (Å²) in [6.07, 6.45) is -6.06. The van der Waals surface area contributed by atoms with Gasteiger partial charge >= 0.3 is 24.5 Å². The number of esters is 1. The highest BCUT2D eigenvalue weighted by Crippen LogP contribution is 2.53. The number of rotatable bonds is 4. The largest absolute Gasteiger partial charge is 0.573 e. The van der Waals surface area contributed by atoms with E-state index in [1.807, 2.05) is 0 Å². The molecule has 4 rings (SSSR count). The maximum absolute atomic E-state index is 14.4. The highest BCUT2D eigenvalue weighted by molar-refractivity contribution is 6.25. The Morgan fingerprint density at radius 1 is 0.884 bits per heavy atom. The van der Waals surface area contributed by atoms with Crippen molar-refractivity contribution in [3.8, 4) is 5.75 Å². The molecule has 43 heavy (non-hydrogen) atoms. The van der Waals surface area contributed by atoms with Crippen molar-refractivity contribution in [2.45, 2.75) is 71.3 Å². The van der Waals surface area contributed by atoms with E-state index in [2.05, 4.69) is 4.74 Å². The van der Waals surface area contributed by atoms with Crippen LogP contribution in [0.3, 0.4) is 0 Å². The van der Waals surface area contributed by atoms with Crippen molar-refractivity contribution in [1.82, 2.24) is 4.90 Å². The molecule has 0 saturated carbocycles. The van der Waals surface area contributed by atoms with E-state index in [1.54, 1.807) is 51.1 Å². The average molecular weight is 605 g/mol. The molecule has 0 radical (unpaired) electrons. The summed E-state index contributed by atoms with van der Waals surface area (Å²) < 4.78 is 59.9. The Balaban J connectivity index is 1.89. The number of hydrogen-bond donors (Lipinski definition) is 0. The molecule has 0 bridgehead atoms. The molecular weight excluding hydrogens is 573 g/mol. The van der Waals surface area contributed by atoms with Gasteiger partial charge in [0.1, 0.15) is 23.6 Å². The van der Waals surface area contributed by atoms with Gasteiger partial charge in [0, 0.05) is 18.2 Å². The topological polar surface area (TPSA) is 112 Å². The maximum atomic E-state index is 14.4. The molecule has 1 spiro atoms. The van der Waals surface area contributed by atoms with Crippen LogP contribution in [0, 0.1) is 0 Å². The number of benzene rings is 2. The smallest absolute Gasteiger partial charge is 0.457 e. The van der Waals surface area contributed by atoms with Crippen molar-refractivity contribution < 1.29 is 51.3 Å². The SMILES string of the molecule is CC(C)(C)OC(=O)N1C(=O)C2(C(C(=O)OCc3ccccc3)=CCN2C(=O)OC(C)(C)C)c2ccc(OC(F)(F)F)cc21. The van der Waals surface area contributed by atoms with Crippen LogP contribution in [0.15, 0.2) is 60.2 Å². The lowest BCUT2D eigenvalue weighted by molar-refractivity contribution is -0.274. The van der Waals surface area contributed by atoms with Crippen LogP contribution in [-0.4, -0.2) is 53.1 Å². The van der Waals surface area contributed by atoms with Crippen molar-refractivity contribution in [3.63, 3.8) is 0 Å². The highest BCUT2D eigenvalue weighted by Gasteiger charge is 2.65. The van der Waals surface area contributed by atoms with E-state index in [4.69, 9.17) is 14.2 Å². The number of halogens is 3. The lowest BCUT2D eigenvalue weighted by Gasteiger charge is -2.36. The van der Waals surface area contributed by atoms with Gasteiger partial charge in [0.25, 0.3) is 5.91 Å². The number of anilines is 1. The predicted molar refractivity (Wildman–Crippen MR) is 146 cm³/mol. The first-order valence-electron chi connectivity index (χ1n) is 13.2. The Labute approximate surface area is 245 Å². The van der Waals surface area contributed by atoms with Crippen LogP contribution in [-0.2, 0) is 35.9 Å². The Bertz CT molecular complexity index is 1470. The molecule has 2 aliphatic heterocycles. The summed E-state index contributed by atoms with van der Waals surface area (Å²) in [4.78, 5) is 56.4. The molecule has 3 amide bonds. The van der Waals surface area contributed by atoms with Gasteiger partial charge in [-0.2, -0.15) is 0 Å². The number of fused-ring (bicyclic) bond motifs is 2. The lowest BCUT2D eigenvalue weighted by Crippen LogP contribution is -2.57. The third-order valence-electron chi connectivity index (χ3n) is 6.24.